The zero-order chi connectivity index (χ0) is 26.2. The second kappa shape index (κ2) is 12.7. The molecule has 2 aromatic rings. The van der Waals surface area contributed by atoms with Crippen LogP contribution >= 0.6 is 0 Å². The van der Waals surface area contributed by atoms with Crippen LogP contribution in [0.4, 0.5) is 0 Å². The van der Waals surface area contributed by atoms with Gasteiger partial charge >= 0.3 is 0 Å². The van der Waals surface area contributed by atoms with Crippen molar-refractivity contribution in [3.8, 4) is 11.5 Å². The molecule has 1 unspecified atom stereocenters. The average Bonchev–Trinajstić information content (AvgIpc) is 3.19. The standard InChI is InChI=1S/C29H36N2O6/c1-3-4-17-37-23-11-9-21(10-12-23)26-25(27(32)22-7-5-8-24(20-22)35-2)28(33)29(34)31(26)14-6-13-30-15-18-36-19-16-30/h5,7-12,20,26,32H,3-4,6,13-19H2,1-2H3. The van der Waals surface area contributed by atoms with Crippen molar-refractivity contribution in [3.05, 3.63) is 65.2 Å². The minimum Gasteiger partial charge on any atom is -0.507 e. The maximum absolute atomic E-state index is 13.3. The lowest BCUT2D eigenvalue weighted by atomic mass is 9.95. The van der Waals surface area contributed by atoms with Crippen molar-refractivity contribution in [1.82, 2.24) is 9.80 Å². The Morgan fingerprint density at radius 2 is 1.78 bits per heavy atom. The van der Waals surface area contributed by atoms with Gasteiger partial charge in [-0.05, 0) is 42.7 Å². The van der Waals surface area contributed by atoms with E-state index < -0.39 is 17.7 Å². The Bertz CT molecular complexity index is 1110. The Morgan fingerprint density at radius 1 is 1.03 bits per heavy atom. The number of ketones is 1. The summed E-state index contributed by atoms with van der Waals surface area (Å²) in [7, 11) is 1.54. The maximum Gasteiger partial charge on any atom is 0.295 e. The van der Waals surface area contributed by atoms with Gasteiger partial charge in [0.1, 0.15) is 17.3 Å². The van der Waals surface area contributed by atoms with Crippen molar-refractivity contribution in [2.24, 2.45) is 0 Å². The number of amides is 1. The Labute approximate surface area is 218 Å². The Hall–Kier alpha value is -3.36. The Kier molecular flexibility index (Phi) is 9.19. The zero-order valence-corrected chi connectivity index (χ0v) is 21.7. The van der Waals surface area contributed by atoms with E-state index >= 15 is 0 Å². The molecule has 0 radical (unpaired) electrons. The summed E-state index contributed by atoms with van der Waals surface area (Å²) in [5.41, 5.74) is 1.26. The Balaban J connectivity index is 1.64. The van der Waals surface area contributed by atoms with E-state index in [1.54, 1.807) is 29.2 Å². The third-order valence-electron chi connectivity index (χ3n) is 6.82. The van der Waals surface area contributed by atoms with Gasteiger partial charge in [0, 0.05) is 31.7 Å². The highest BCUT2D eigenvalue weighted by molar-refractivity contribution is 6.46. The molecule has 8 nitrogen and oxygen atoms in total. The predicted octanol–water partition coefficient (Wildman–Crippen LogP) is 4.02. The average molecular weight is 509 g/mol. The molecule has 2 aromatic carbocycles. The molecule has 1 amide bonds. The van der Waals surface area contributed by atoms with Crippen LogP contribution in [-0.4, -0.2) is 79.7 Å². The van der Waals surface area contributed by atoms with E-state index in [0.717, 1.165) is 43.8 Å². The van der Waals surface area contributed by atoms with Crippen LogP contribution in [0.1, 0.15) is 43.4 Å². The van der Waals surface area contributed by atoms with Gasteiger partial charge in [-0.1, -0.05) is 37.6 Å². The summed E-state index contributed by atoms with van der Waals surface area (Å²) in [4.78, 5) is 30.4. The van der Waals surface area contributed by atoms with Crippen molar-refractivity contribution in [2.75, 3.05) is 53.1 Å². The van der Waals surface area contributed by atoms with Crippen molar-refractivity contribution < 1.29 is 28.9 Å². The number of Topliss-reactive ketones (excluding diaryl/α,β-unsaturated/α-hetero) is 1. The van der Waals surface area contributed by atoms with Crippen molar-refractivity contribution in [1.29, 1.82) is 0 Å². The largest absolute Gasteiger partial charge is 0.507 e. The summed E-state index contributed by atoms with van der Waals surface area (Å²) in [5.74, 6) is -0.205. The highest BCUT2D eigenvalue weighted by Crippen LogP contribution is 2.40. The highest BCUT2D eigenvalue weighted by atomic mass is 16.5. The number of aliphatic hydroxyl groups excluding tert-OH is 1. The van der Waals surface area contributed by atoms with Gasteiger partial charge in [0.2, 0.25) is 0 Å². The third-order valence-corrected chi connectivity index (χ3v) is 6.82. The van der Waals surface area contributed by atoms with E-state index in [0.29, 0.717) is 44.1 Å². The molecular weight excluding hydrogens is 472 g/mol. The fourth-order valence-corrected chi connectivity index (χ4v) is 4.75. The number of methoxy groups -OCH3 is 1. The van der Waals surface area contributed by atoms with E-state index in [9.17, 15) is 14.7 Å². The van der Waals surface area contributed by atoms with Gasteiger partial charge < -0.3 is 24.2 Å². The number of rotatable bonds is 11. The van der Waals surface area contributed by atoms with E-state index in [1.165, 1.54) is 7.11 Å². The van der Waals surface area contributed by atoms with Crippen molar-refractivity contribution in [2.45, 2.75) is 32.2 Å². The molecule has 0 bridgehead atoms. The molecule has 2 aliphatic heterocycles. The SMILES string of the molecule is CCCCOc1ccc(C2C(=C(O)c3cccc(OC)c3)C(=O)C(=O)N2CCCN2CCOCC2)cc1. The first-order valence-corrected chi connectivity index (χ1v) is 13.0. The van der Waals surface area contributed by atoms with Crippen LogP contribution in [0.3, 0.4) is 0 Å². The monoisotopic (exact) mass is 508 g/mol. The lowest BCUT2D eigenvalue weighted by Crippen LogP contribution is -2.38. The predicted molar refractivity (Wildman–Crippen MR) is 141 cm³/mol. The summed E-state index contributed by atoms with van der Waals surface area (Å²) in [5, 5.41) is 11.3. The topological polar surface area (TPSA) is 88.5 Å². The summed E-state index contributed by atoms with van der Waals surface area (Å²) in [6.45, 7) is 7.07. The number of aliphatic hydroxyl groups is 1. The Morgan fingerprint density at radius 3 is 2.49 bits per heavy atom. The van der Waals surface area contributed by atoms with E-state index in [4.69, 9.17) is 14.2 Å². The van der Waals surface area contributed by atoms with Crippen LogP contribution in [-0.2, 0) is 14.3 Å². The molecule has 2 aliphatic rings. The molecule has 0 spiro atoms. The molecule has 4 rings (SSSR count). The first kappa shape index (κ1) is 26.7. The fourth-order valence-electron chi connectivity index (χ4n) is 4.75. The van der Waals surface area contributed by atoms with Gasteiger partial charge in [0.05, 0.1) is 38.5 Å². The van der Waals surface area contributed by atoms with Gasteiger partial charge in [-0.3, -0.25) is 14.5 Å². The number of hydrogen-bond acceptors (Lipinski definition) is 7. The molecule has 1 atom stereocenters. The third kappa shape index (κ3) is 6.32. The summed E-state index contributed by atoms with van der Waals surface area (Å²) in [6.07, 6.45) is 2.72. The molecule has 2 fully saturated rings. The molecule has 198 valence electrons. The molecule has 37 heavy (non-hydrogen) atoms. The second-order valence-corrected chi connectivity index (χ2v) is 9.30. The lowest BCUT2D eigenvalue weighted by molar-refractivity contribution is -0.140. The van der Waals surface area contributed by atoms with E-state index in [1.807, 2.05) is 24.3 Å². The lowest BCUT2D eigenvalue weighted by Gasteiger charge is -2.29. The van der Waals surface area contributed by atoms with E-state index in [-0.39, 0.29) is 11.3 Å². The quantitative estimate of drug-likeness (QED) is 0.212. The number of likely N-dealkylation sites (tertiary alicyclic amines) is 1. The highest BCUT2D eigenvalue weighted by Gasteiger charge is 2.45. The van der Waals surface area contributed by atoms with Crippen molar-refractivity contribution >= 4 is 17.4 Å². The normalized spacial score (nSPS) is 19.8. The fraction of sp³-hybridized carbons (Fsp3) is 0.448. The zero-order valence-electron chi connectivity index (χ0n) is 21.7. The number of unbranched alkanes of at least 4 members (excludes halogenated alkanes) is 1. The number of carbonyl (C=O) groups is 2. The van der Waals surface area contributed by atoms with Crippen LogP contribution < -0.4 is 9.47 Å². The van der Waals surface area contributed by atoms with Crippen LogP contribution in [0.2, 0.25) is 0 Å². The minimum atomic E-state index is -0.694. The maximum atomic E-state index is 13.3. The van der Waals surface area contributed by atoms with Gasteiger partial charge in [0.25, 0.3) is 11.7 Å². The number of morpholine rings is 1. The molecule has 1 N–H and O–H groups in total. The molecule has 2 saturated heterocycles. The van der Waals surface area contributed by atoms with Crippen LogP contribution in [0, 0.1) is 0 Å². The summed E-state index contributed by atoms with van der Waals surface area (Å²) in [6, 6.07) is 13.6. The van der Waals surface area contributed by atoms with Gasteiger partial charge in [-0.2, -0.15) is 0 Å². The minimum absolute atomic E-state index is 0.0873. The van der Waals surface area contributed by atoms with Gasteiger partial charge in [-0.15, -0.1) is 0 Å². The second-order valence-electron chi connectivity index (χ2n) is 9.30. The van der Waals surface area contributed by atoms with Crippen LogP contribution in [0.5, 0.6) is 11.5 Å². The number of hydrogen-bond donors (Lipinski definition) is 1. The van der Waals surface area contributed by atoms with Gasteiger partial charge in [0.15, 0.2) is 0 Å². The number of benzene rings is 2. The van der Waals surface area contributed by atoms with Crippen LogP contribution in [0.15, 0.2) is 54.1 Å². The molecule has 0 saturated carbocycles. The molecule has 0 aromatic heterocycles. The number of carbonyl (C=O) groups excluding carboxylic acids is 2. The summed E-state index contributed by atoms with van der Waals surface area (Å²) < 4.78 is 16.5. The number of ether oxygens (including phenoxy) is 3. The molecule has 0 aliphatic carbocycles. The van der Waals surface area contributed by atoms with Crippen LogP contribution in [0.25, 0.3) is 5.76 Å². The summed E-state index contributed by atoms with van der Waals surface area (Å²) >= 11 is 0. The van der Waals surface area contributed by atoms with Gasteiger partial charge in [-0.25, -0.2) is 0 Å². The first-order valence-electron chi connectivity index (χ1n) is 13.0. The molecular formula is C29H36N2O6. The van der Waals surface area contributed by atoms with E-state index in [2.05, 4.69) is 11.8 Å². The number of nitrogens with zero attached hydrogens (tertiary/aromatic N) is 2. The molecule has 2 heterocycles. The smallest absolute Gasteiger partial charge is 0.295 e. The first-order chi connectivity index (χ1) is 18.0. The molecule has 8 heteroatoms. The van der Waals surface area contributed by atoms with Crippen molar-refractivity contribution in [3.63, 3.8) is 0 Å².